The van der Waals surface area contributed by atoms with Gasteiger partial charge >= 0.3 is 0 Å². The SMILES string of the molecule is C=C(/C=C\N=C(C)Nc1cccc(C(C)OCCN2CCCC2)c1)NC. The van der Waals surface area contributed by atoms with Crippen molar-refractivity contribution in [1.29, 1.82) is 0 Å². The summed E-state index contributed by atoms with van der Waals surface area (Å²) in [6.45, 7) is 12.1. The fourth-order valence-corrected chi connectivity index (χ4v) is 2.89. The van der Waals surface area contributed by atoms with Gasteiger partial charge in [0, 0.05) is 31.2 Å². The van der Waals surface area contributed by atoms with Gasteiger partial charge in [-0.3, -0.25) is 0 Å². The zero-order valence-electron chi connectivity index (χ0n) is 16.3. The van der Waals surface area contributed by atoms with Gasteiger partial charge < -0.3 is 20.3 Å². The topological polar surface area (TPSA) is 48.9 Å². The molecule has 2 rings (SSSR count). The van der Waals surface area contributed by atoms with E-state index in [1.807, 2.05) is 32.2 Å². The van der Waals surface area contributed by atoms with E-state index in [1.54, 1.807) is 6.20 Å². The van der Waals surface area contributed by atoms with Gasteiger partial charge in [0.15, 0.2) is 0 Å². The molecule has 2 N–H and O–H groups in total. The highest BCUT2D eigenvalue weighted by Crippen LogP contribution is 2.20. The van der Waals surface area contributed by atoms with Gasteiger partial charge in [0.05, 0.1) is 12.7 Å². The lowest BCUT2D eigenvalue weighted by atomic mass is 10.1. The highest BCUT2D eigenvalue weighted by molar-refractivity contribution is 5.93. The molecule has 1 atom stereocenters. The standard InChI is InChI=1S/C21H32N4O/c1-17(22-4)10-11-23-19(3)24-21-9-7-8-20(16-21)18(2)26-15-14-25-12-5-6-13-25/h7-11,16,18,22H,1,5-6,12-15H2,2-4H3,(H,23,24)/b11-10-. The van der Waals surface area contributed by atoms with Crippen LogP contribution in [0.5, 0.6) is 0 Å². The van der Waals surface area contributed by atoms with Gasteiger partial charge in [0.1, 0.15) is 5.84 Å². The molecule has 1 aliphatic heterocycles. The molecule has 0 radical (unpaired) electrons. The van der Waals surface area contributed by atoms with Crippen LogP contribution in [0.3, 0.4) is 0 Å². The lowest BCUT2D eigenvalue weighted by Gasteiger charge is -2.18. The first-order chi connectivity index (χ1) is 12.6. The monoisotopic (exact) mass is 356 g/mol. The summed E-state index contributed by atoms with van der Waals surface area (Å²) in [6.07, 6.45) is 6.29. The Labute approximate surface area is 157 Å². The van der Waals surface area contributed by atoms with Gasteiger partial charge in [-0.15, -0.1) is 0 Å². The minimum Gasteiger partial charge on any atom is -0.389 e. The largest absolute Gasteiger partial charge is 0.389 e. The third kappa shape index (κ3) is 7.02. The van der Waals surface area contributed by atoms with E-state index in [2.05, 4.69) is 46.2 Å². The van der Waals surface area contributed by atoms with Crippen molar-refractivity contribution in [2.75, 3.05) is 38.6 Å². The second kappa shape index (κ2) is 10.8. The first-order valence-electron chi connectivity index (χ1n) is 9.37. The molecule has 26 heavy (non-hydrogen) atoms. The molecule has 0 aliphatic carbocycles. The molecule has 0 aromatic heterocycles. The number of hydrogen-bond donors (Lipinski definition) is 2. The molecule has 1 saturated heterocycles. The van der Waals surface area contributed by atoms with Crippen LogP contribution < -0.4 is 10.6 Å². The lowest BCUT2D eigenvalue weighted by molar-refractivity contribution is 0.0517. The molecule has 5 heteroatoms. The predicted octanol–water partition coefficient (Wildman–Crippen LogP) is 3.94. The van der Waals surface area contributed by atoms with Gasteiger partial charge in [-0.1, -0.05) is 18.7 Å². The van der Waals surface area contributed by atoms with E-state index >= 15 is 0 Å². The molecule has 0 bridgehead atoms. The van der Waals surface area contributed by atoms with Crippen molar-refractivity contribution in [2.24, 2.45) is 4.99 Å². The summed E-state index contributed by atoms with van der Waals surface area (Å²) in [7, 11) is 1.83. The Morgan fingerprint density at radius 2 is 2.15 bits per heavy atom. The number of ether oxygens (including phenoxy) is 1. The number of likely N-dealkylation sites (N-methyl/N-ethyl adjacent to an activating group) is 1. The second-order valence-electron chi connectivity index (χ2n) is 6.62. The van der Waals surface area contributed by atoms with Crippen LogP contribution in [0.2, 0.25) is 0 Å². The molecule has 1 fully saturated rings. The van der Waals surface area contributed by atoms with Crippen LogP contribution in [0.15, 0.2) is 53.8 Å². The van der Waals surface area contributed by atoms with Crippen molar-refractivity contribution in [1.82, 2.24) is 10.2 Å². The Morgan fingerprint density at radius 3 is 2.88 bits per heavy atom. The average molecular weight is 357 g/mol. The first kappa shape index (κ1) is 20.2. The first-order valence-corrected chi connectivity index (χ1v) is 9.37. The lowest BCUT2D eigenvalue weighted by Crippen LogP contribution is -2.24. The van der Waals surface area contributed by atoms with Crippen LogP contribution in [0.25, 0.3) is 0 Å². The number of hydrogen-bond acceptors (Lipinski definition) is 4. The molecule has 1 heterocycles. The molecule has 142 valence electrons. The second-order valence-corrected chi connectivity index (χ2v) is 6.62. The van der Waals surface area contributed by atoms with Gasteiger partial charge in [0.2, 0.25) is 0 Å². The number of allylic oxidation sites excluding steroid dienone is 1. The summed E-state index contributed by atoms with van der Waals surface area (Å²) in [5, 5.41) is 6.27. The third-order valence-electron chi connectivity index (χ3n) is 4.52. The maximum absolute atomic E-state index is 6.03. The van der Waals surface area contributed by atoms with Crippen LogP contribution in [-0.2, 0) is 4.74 Å². The number of aliphatic imine (C=N–C) groups is 1. The molecular formula is C21H32N4O. The van der Waals surface area contributed by atoms with Crippen molar-refractivity contribution < 1.29 is 4.74 Å². The van der Waals surface area contributed by atoms with Crippen molar-refractivity contribution in [3.05, 3.63) is 54.4 Å². The van der Waals surface area contributed by atoms with E-state index in [4.69, 9.17) is 4.74 Å². The molecule has 0 amide bonds. The molecule has 1 unspecified atom stereocenters. The highest BCUT2D eigenvalue weighted by Gasteiger charge is 2.12. The summed E-state index contributed by atoms with van der Waals surface area (Å²) in [5.74, 6) is 0.824. The van der Waals surface area contributed by atoms with E-state index in [9.17, 15) is 0 Å². The molecule has 1 aromatic carbocycles. The van der Waals surface area contributed by atoms with E-state index in [0.29, 0.717) is 0 Å². The predicted molar refractivity (Wildman–Crippen MR) is 111 cm³/mol. The molecule has 1 aliphatic rings. The Balaban J connectivity index is 1.84. The van der Waals surface area contributed by atoms with Gasteiger partial charge in [-0.05, 0) is 63.6 Å². The summed E-state index contributed by atoms with van der Waals surface area (Å²) in [6, 6.07) is 8.31. The Bertz CT molecular complexity index is 633. The number of nitrogens with one attached hydrogen (secondary N) is 2. The molecule has 0 saturated carbocycles. The Morgan fingerprint density at radius 1 is 1.38 bits per heavy atom. The van der Waals surface area contributed by atoms with E-state index in [-0.39, 0.29) is 6.10 Å². The number of anilines is 1. The van der Waals surface area contributed by atoms with Crippen LogP contribution >= 0.6 is 0 Å². The fourth-order valence-electron chi connectivity index (χ4n) is 2.89. The highest BCUT2D eigenvalue weighted by atomic mass is 16.5. The number of rotatable bonds is 9. The van der Waals surface area contributed by atoms with E-state index < -0.39 is 0 Å². The van der Waals surface area contributed by atoms with Crippen molar-refractivity contribution in [3.63, 3.8) is 0 Å². The minimum absolute atomic E-state index is 0.0791. The number of amidine groups is 1. The molecule has 1 aromatic rings. The molecular weight excluding hydrogens is 324 g/mol. The number of nitrogens with zero attached hydrogens (tertiary/aromatic N) is 2. The summed E-state index contributed by atoms with van der Waals surface area (Å²) >= 11 is 0. The molecule has 5 nitrogen and oxygen atoms in total. The van der Waals surface area contributed by atoms with Gasteiger partial charge in [-0.2, -0.15) is 0 Å². The van der Waals surface area contributed by atoms with Crippen LogP contribution in [0.4, 0.5) is 5.69 Å². The van der Waals surface area contributed by atoms with E-state index in [1.165, 1.54) is 31.5 Å². The quantitative estimate of drug-likeness (QED) is 0.400. The minimum atomic E-state index is 0.0791. The normalized spacial score (nSPS) is 16.8. The maximum atomic E-state index is 6.03. The smallest absolute Gasteiger partial charge is 0.103 e. The summed E-state index contributed by atoms with van der Waals surface area (Å²) < 4.78 is 6.03. The van der Waals surface area contributed by atoms with Crippen molar-refractivity contribution in [3.8, 4) is 0 Å². The number of likely N-dealkylation sites (tertiary alicyclic amines) is 1. The average Bonchev–Trinajstić information content (AvgIpc) is 3.15. The molecule has 0 spiro atoms. The van der Waals surface area contributed by atoms with Crippen LogP contribution in [0.1, 0.15) is 38.4 Å². The van der Waals surface area contributed by atoms with Gasteiger partial charge in [-0.25, -0.2) is 4.99 Å². The van der Waals surface area contributed by atoms with Crippen LogP contribution in [0, 0.1) is 0 Å². The Hall–Kier alpha value is -2.11. The summed E-state index contributed by atoms with van der Waals surface area (Å²) in [4.78, 5) is 6.84. The maximum Gasteiger partial charge on any atom is 0.103 e. The Kier molecular flexibility index (Phi) is 8.38. The zero-order chi connectivity index (χ0) is 18.8. The summed E-state index contributed by atoms with van der Waals surface area (Å²) in [5.41, 5.74) is 3.01. The number of benzene rings is 1. The van der Waals surface area contributed by atoms with Crippen molar-refractivity contribution >= 4 is 11.5 Å². The fraction of sp³-hybridized carbons (Fsp3) is 0.476. The van der Waals surface area contributed by atoms with Gasteiger partial charge in [0.25, 0.3) is 0 Å². The van der Waals surface area contributed by atoms with E-state index in [0.717, 1.165) is 30.4 Å². The zero-order valence-corrected chi connectivity index (χ0v) is 16.3. The van der Waals surface area contributed by atoms with Crippen LogP contribution in [-0.4, -0.2) is 44.0 Å². The third-order valence-corrected chi connectivity index (χ3v) is 4.52. The van der Waals surface area contributed by atoms with Crippen molar-refractivity contribution in [2.45, 2.75) is 32.8 Å².